The first kappa shape index (κ1) is 20.5. The van der Waals surface area contributed by atoms with E-state index in [4.69, 9.17) is 11.6 Å². The molecule has 3 aromatic rings. The van der Waals surface area contributed by atoms with Crippen LogP contribution in [0, 0.1) is 0 Å². The van der Waals surface area contributed by atoms with Gasteiger partial charge in [-0.05, 0) is 18.2 Å². The van der Waals surface area contributed by atoms with Gasteiger partial charge in [-0.2, -0.15) is 0 Å². The second-order valence-electron chi connectivity index (χ2n) is 6.99. The van der Waals surface area contributed by atoms with E-state index < -0.39 is 0 Å². The van der Waals surface area contributed by atoms with Crippen LogP contribution in [-0.2, 0) is 11.3 Å². The Morgan fingerprint density at radius 2 is 1.97 bits per heavy atom. The quantitative estimate of drug-likeness (QED) is 0.643. The topological polar surface area (TPSA) is 87.0 Å². The number of nitrogens with zero attached hydrogens (tertiary/aromatic N) is 4. The average Bonchev–Trinajstić information content (AvgIpc) is 3.21. The number of benzene rings is 1. The van der Waals surface area contributed by atoms with Crippen LogP contribution in [0.2, 0.25) is 5.02 Å². The maximum Gasteiger partial charge on any atom is 0.258 e. The Morgan fingerprint density at radius 3 is 2.73 bits per heavy atom. The molecule has 156 valence electrons. The minimum absolute atomic E-state index is 0.0568. The highest BCUT2D eigenvalue weighted by Gasteiger charge is 2.22. The summed E-state index contributed by atoms with van der Waals surface area (Å²) in [6.45, 7) is 2.99. The number of halogens is 1. The van der Waals surface area contributed by atoms with E-state index in [0.29, 0.717) is 48.3 Å². The van der Waals surface area contributed by atoms with Crippen molar-refractivity contribution in [1.29, 1.82) is 0 Å². The van der Waals surface area contributed by atoms with E-state index in [1.165, 1.54) is 15.7 Å². The Hall–Kier alpha value is -2.75. The Bertz CT molecular complexity index is 1140. The van der Waals surface area contributed by atoms with E-state index in [9.17, 15) is 14.4 Å². The molecule has 1 aliphatic rings. The molecule has 8 nitrogen and oxygen atoms in total. The molecule has 2 aromatic heterocycles. The van der Waals surface area contributed by atoms with Gasteiger partial charge < -0.3 is 10.2 Å². The zero-order chi connectivity index (χ0) is 21.1. The molecule has 0 bridgehead atoms. The summed E-state index contributed by atoms with van der Waals surface area (Å²) in [5, 5.41) is 4.96. The number of fused-ring (bicyclic) bond motifs is 1. The first-order chi connectivity index (χ1) is 14.5. The lowest BCUT2D eigenvalue weighted by Gasteiger charge is -2.34. The van der Waals surface area contributed by atoms with Crippen molar-refractivity contribution in [3.63, 3.8) is 0 Å². The van der Waals surface area contributed by atoms with Gasteiger partial charge in [-0.1, -0.05) is 17.7 Å². The van der Waals surface area contributed by atoms with Crippen LogP contribution >= 0.6 is 22.9 Å². The molecule has 0 radical (unpaired) electrons. The lowest BCUT2D eigenvalue weighted by molar-refractivity contribution is -0.131. The predicted octanol–water partition coefficient (Wildman–Crippen LogP) is 1.48. The highest BCUT2D eigenvalue weighted by Crippen LogP contribution is 2.11. The van der Waals surface area contributed by atoms with Gasteiger partial charge in [0.2, 0.25) is 5.91 Å². The van der Waals surface area contributed by atoms with Gasteiger partial charge in [0.15, 0.2) is 4.96 Å². The third-order valence-corrected chi connectivity index (χ3v) is 5.95. The molecule has 0 aliphatic carbocycles. The number of hydrogen-bond donors (Lipinski definition) is 1. The zero-order valence-corrected chi connectivity index (χ0v) is 17.7. The molecule has 1 aromatic carbocycles. The number of aromatic nitrogens is 2. The van der Waals surface area contributed by atoms with Crippen molar-refractivity contribution in [2.45, 2.75) is 6.54 Å². The van der Waals surface area contributed by atoms with Crippen molar-refractivity contribution < 1.29 is 9.59 Å². The van der Waals surface area contributed by atoms with E-state index in [1.54, 1.807) is 41.4 Å². The van der Waals surface area contributed by atoms with Gasteiger partial charge in [0.05, 0.1) is 12.2 Å². The number of piperazine rings is 1. The lowest BCUT2D eigenvalue weighted by atomic mass is 10.2. The summed E-state index contributed by atoms with van der Waals surface area (Å²) in [6, 6.07) is 8.15. The van der Waals surface area contributed by atoms with Crippen LogP contribution in [0.4, 0.5) is 0 Å². The summed E-state index contributed by atoms with van der Waals surface area (Å²) in [5.74, 6) is -0.452. The molecule has 10 heteroatoms. The molecule has 1 fully saturated rings. The molecule has 0 unspecified atom stereocenters. The summed E-state index contributed by atoms with van der Waals surface area (Å²) < 4.78 is 1.53. The molecule has 1 N–H and O–H groups in total. The summed E-state index contributed by atoms with van der Waals surface area (Å²) in [4.78, 5) is 45.8. The van der Waals surface area contributed by atoms with Crippen molar-refractivity contribution in [3.05, 3.63) is 68.5 Å². The normalized spacial score (nSPS) is 14.8. The smallest absolute Gasteiger partial charge is 0.258 e. The summed E-state index contributed by atoms with van der Waals surface area (Å²) in [5.41, 5.74) is 1.07. The fourth-order valence-corrected chi connectivity index (χ4v) is 4.28. The van der Waals surface area contributed by atoms with Crippen molar-refractivity contribution in [2.24, 2.45) is 0 Å². The van der Waals surface area contributed by atoms with Crippen LogP contribution in [0.25, 0.3) is 4.96 Å². The second-order valence-corrected chi connectivity index (χ2v) is 8.30. The van der Waals surface area contributed by atoms with Crippen LogP contribution in [-0.4, -0.2) is 63.7 Å². The number of hydrogen-bond acceptors (Lipinski definition) is 6. The van der Waals surface area contributed by atoms with Crippen LogP contribution < -0.4 is 10.9 Å². The maximum absolute atomic E-state index is 12.4. The van der Waals surface area contributed by atoms with Crippen molar-refractivity contribution in [2.75, 3.05) is 32.7 Å². The zero-order valence-electron chi connectivity index (χ0n) is 16.1. The third kappa shape index (κ3) is 4.69. The minimum Gasteiger partial charge on any atom is -0.343 e. The maximum atomic E-state index is 12.4. The number of carbonyl (C=O) groups excluding carboxylic acids is 2. The fourth-order valence-electron chi connectivity index (χ4n) is 3.35. The molecule has 0 saturated carbocycles. The van der Waals surface area contributed by atoms with Gasteiger partial charge in [0.1, 0.15) is 0 Å². The molecular weight excluding hydrogens is 426 g/mol. The molecule has 1 aliphatic heterocycles. The number of nitrogens with one attached hydrogen (secondary N) is 1. The molecule has 0 spiro atoms. The van der Waals surface area contributed by atoms with Crippen molar-refractivity contribution in [1.82, 2.24) is 24.5 Å². The molecule has 3 heterocycles. The lowest BCUT2D eigenvalue weighted by Crippen LogP contribution is -2.51. The first-order valence-corrected chi connectivity index (χ1v) is 10.7. The van der Waals surface area contributed by atoms with Gasteiger partial charge in [-0.3, -0.25) is 23.7 Å². The van der Waals surface area contributed by atoms with E-state index >= 15 is 0 Å². The van der Waals surface area contributed by atoms with Crippen molar-refractivity contribution >= 4 is 39.7 Å². The van der Waals surface area contributed by atoms with Crippen LogP contribution in [0.5, 0.6) is 0 Å². The summed E-state index contributed by atoms with van der Waals surface area (Å²) in [6.07, 6.45) is 1.72. The third-order valence-electron chi connectivity index (χ3n) is 4.95. The Morgan fingerprint density at radius 1 is 1.17 bits per heavy atom. The van der Waals surface area contributed by atoms with Gasteiger partial charge in [-0.15, -0.1) is 11.3 Å². The van der Waals surface area contributed by atoms with E-state index in [0.717, 1.165) is 5.69 Å². The van der Waals surface area contributed by atoms with E-state index in [2.05, 4.69) is 15.2 Å². The van der Waals surface area contributed by atoms with Crippen LogP contribution in [0.1, 0.15) is 16.1 Å². The molecule has 1 saturated heterocycles. The number of amides is 2. The van der Waals surface area contributed by atoms with Crippen LogP contribution in [0.15, 0.2) is 46.7 Å². The Kier molecular flexibility index (Phi) is 6.12. The Labute approximate surface area is 181 Å². The Balaban J connectivity index is 1.27. The standard InChI is InChI=1S/C20H20ClN5O3S/c21-15-3-1-2-14(10-15)19(29)22-12-18(28)25-6-4-24(5-7-25)13-16-11-17(27)26-8-9-30-20(26)23-16/h1-3,8-11H,4-7,12-13H2,(H,22,29). The predicted molar refractivity (Wildman–Crippen MR) is 115 cm³/mol. The van der Waals surface area contributed by atoms with Gasteiger partial charge in [0, 0.05) is 61.0 Å². The number of rotatable bonds is 5. The molecular formula is C20H20ClN5O3S. The van der Waals surface area contributed by atoms with Crippen molar-refractivity contribution in [3.8, 4) is 0 Å². The van der Waals surface area contributed by atoms with E-state index in [1.807, 2.05) is 5.38 Å². The van der Waals surface area contributed by atoms with Crippen LogP contribution in [0.3, 0.4) is 0 Å². The SMILES string of the molecule is O=C(NCC(=O)N1CCN(Cc2cc(=O)n3ccsc3n2)CC1)c1cccc(Cl)c1. The average molecular weight is 446 g/mol. The molecule has 0 atom stereocenters. The molecule has 4 rings (SSSR count). The summed E-state index contributed by atoms with van der Waals surface area (Å²) >= 11 is 7.32. The highest BCUT2D eigenvalue weighted by molar-refractivity contribution is 7.15. The van der Waals surface area contributed by atoms with Gasteiger partial charge >= 0.3 is 0 Å². The molecule has 30 heavy (non-hydrogen) atoms. The van der Waals surface area contributed by atoms with E-state index in [-0.39, 0.29) is 23.9 Å². The fraction of sp³-hybridized carbons (Fsp3) is 0.300. The first-order valence-electron chi connectivity index (χ1n) is 9.49. The minimum atomic E-state index is -0.328. The largest absolute Gasteiger partial charge is 0.343 e. The number of carbonyl (C=O) groups is 2. The van der Waals surface area contributed by atoms with Gasteiger partial charge in [-0.25, -0.2) is 4.98 Å². The molecule has 2 amide bonds. The highest BCUT2D eigenvalue weighted by atomic mass is 35.5. The summed E-state index contributed by atoms with van der Waals surface area (Å²) in [7, 11) is 0. The monoisotopic (exact) mass is 445 g/mol. The van der Waals surface area contributed by atoms with Gasteiger partial charge in [0.25, 0.3) is 11.5 Å². The second kappa shape index (κ2) is 8.95. The number of thiazole rings is 1.